The normalized spacial score (nSPS) is 39.3. The quantitative estimate of drug-likeness (QED) is 0.579. The maximum Gasteiger partial charge on any atom is 0.327 e. The predicted molar refractivity (Wildman–Crippen MR) is 137 cm³/mol. The Balaban J connectivity index is 1.24. The summed E-state index contributed by atoms with van der Waals surface area (Å²) in [5.74, 6) is 1.88. The van der Waals surface area contributed by atoms with E-state index in [9.17, 15) is 19.8 Å². The van der Waals surface area contributed by atoms with Crippen LogP contribution in [0.3, 0.4) is 0 Å². The van der Waals surface area contributed by atoms with Crippen molar-refractivity contribution < 1.29 is 19.8 Å². The van der Waals surface area contributed by atoms with Crippen molar-refractivity contribution in [1.82, 2.24) is 14.7 Å². The average molecular weight is 506 g/mol. The van der Waals surface area contributed by atoms with Crippen molar-refractivity contribution in [1.29, 1.82) is 0 Å². The number of nitrogens with zero attached hydrogens (tertiary/aromatic N) is 3. The number of benzene rings is 1. The Morgan fingerprint density at radius 1 is 0.892 bits per heavy atom. The summed E-state index contributed by atoms with van der Waals surface area (Å²) in [6, 6.07) is 5.58. The van der Waals surface area contributed by atoms with Crippen LogP contribution in [0.2, 0.25) is 0 Å². The summed E-state index contributed by atoms with van der Waals surface area (Å²) in [6.07, 6.45) is 10.1. The summed E-state index contributed by atoms with van der Waals surface area (Å²) in [7, 11) is 0. The van der Waals surface area contributed by atoms with Crippen LogP contribution in [0, 0.1) is 17.8 Å². The standard InChI is InChI=1S/C30H39N3O4/c34-23-8-7-22-13-25-30(37)10-9-29(18-28(30,24(22)14-23)11-12-31(25)15-19-1-2-19)26(35)32(16-20-3-4-20)27(36)33(29)17-21-5-6-21/h7-8,14,19-21,25,34,37H,1-6,9-13,15-18H2/t25?,28-,29+,30-/m1/s1. The van der Waals surface area contributed by atoms with Crippen LogP contribution in [0.5, 0.6) is 5.75 Å². The second-order valence-electron chi connectivity index (χ2n) is 13.7. The Hall–Kier alpha value is -2.12. The molecule has 5 aliphatic carbocycles. The minimum atomic E-state index is -0.968. The third-order valence-electron chi connectivity index (χ3n) is 11.3. The molecule has 37 heavy (non-hydrogen) atoms. The predicted octanol–water partition coefficient (Wildman–Crippen LogP) is 3.41. The van der Waals surface area contributed by atoms with Crippen molar-refractivity contribution in [2.75, 3.05) is 26.2 Å². The first-order chi connectivity index (χ1) is 17.8. The third-order valence-corrected chi connectivity index (χ3v) is 11.3. The lowest BCUT2D eigenvalue weighted by atomic mass is 9.46. The van der Waals surface area contributed by atoms with Gasteiger partial charge >= 0.3 is 6.03 Å². The lowest BCUT2D eigenvalue weighted by molar-refractivity contribution is -0.188. The highest BCUT2D eigenvalue weighted by molar-refractivity contribution is 6.07. The topological polar surface area (TPSA) is 84.3 Å². The Morgan fingerprint density at radius 2 is 1.59 bits per heavy atom. The maximum atomic E-state index is 14.3. The molecule has 4 atom stereocenters. The van der Waals surface area contributed by atoms with Gasteiger partial charge in [0.15, 0.2) is 0 Å². The van der Waals surface area contributed by atoms with Crippen LogP contribution < -0.4 is 0 Å². The molecule has 2 saturated heterocycles. The minimum Gasteiger partial charge on any atom is -0.508 e. The molecule has 1 aromatic carbocycles. The largest absolute Gasteiger partial charge is 0.508 e. The molecule has 8 rings (SSSR count). The Bertz CT molecular complexity index is 1180. The van der Waals surface area contributed by atoms with Gasteiger partial charge in [-0.2, -0.15) is 0 Å². The van der Waals surface area contributed by atoms with Crippen LogP contribution in [0.1, 0.15) is 75.3 Å². The molecule has 2 N–H and O–H groups in total. The van der Waals surface area contributed by atoms with E-state index in [4.69, 9.17) is 0 Å². The van der Waals surface area contributed by atoms with E-state index >= 15 is 0 Å². The van der Waals surface area contributed by atoms with E-state index in [1.807, 2.05) is 17.0 Å². The fraction of sp³-hybridized carbons (Fsp3) is 0.733. The molecule has 7 aliphatic rings. The van der Waals surface area contributed by atoms with E-state index in [0.717, 1.165) is 63.1 Å². The van der Waals surface area contributed by atoms with E-state index in [1.54, 1.807) is 11.0 Å². The fourth-order valence-corrected chi connectivity index (χ4v) is 8.69. The van der Waals surface area contributed by atoms with E-state index in [-0.39, 0.29) is 23.7 Å². The molecule has 2 bridgehead atoms. The maximum absolute atomic E-state index is 14.3. The number of likely N-dealkylation sites (tertiary alicyclic amines) is 1. The molecular formula is C30H39N3O4. The van der Waals surface area contributed by atoms with Crippen LogP contribution in [0.15, 0.2) is 18.2 Å². The van der Waals surface area contributed by atoms with Gasteiger partial charge in [-0.1, -0.05) is 6.07 Å². The molecule has 1 spiro atoms. The number of carbonyl (C=O) groups is 2. The van der Waals surface area contributed by atoms with Crippen LogP contribution in [0.25, 0.3) is 0 Å². The van der Waals surface area contributed by atoms with Gasteiger partial charge in [0.1, 0.15) is 11.3 Å². The molecule has 2 aliphatic heterocycles. The van der Waals surface area contributed by atoms with E-state index < -0.39 is 16.6 Å². The summed E-state index contributed by atoms with van der Waals surface area (Å²) in [4.78, 5) is 34.2. The number of phenols is 1. The molecule has 4 saturated carbocycles. The van der Waals surface area contributed by atoms with Crippen LogP contribution >= 0.6 is 0 Å². The Labute approximate surface area is 218 Å². The minimum absolute atomic E-state index is 0.0166. The molecule has 6 fully saturated rings. The molecule has 2 heterocycles. The van der Waals surface area contributed by atoms with Gasteiger partial charge in [0, 0.05) is 31.1 Å². The van der Waals surface area contributed by atoms with Gasteiger partial charge in [0.2, 0.25) is 0 Å². The monoisotopic (exact) mass is 505 g/mol. The number of hydrogen-bond donors (Lipinski definition) is 2. The zero-order valence-electron chi connectivity index (χ0n) is 21.7. The summed E-state index contributed by atoms with van der Waals surface area (Å²) in [5.41, 5.74) is -0.293. The lowest BCUT2D eigenvalue weighted by Gasteiger charge is -2.66. The van der Waals surface area contributed by atoms with E-state index in [0.29, 0.717) is 44.2 Å². The molecule has 7 nitrogen and oxygen atoms in total. The second kappa shape index (κ2) is 7.50. The van der Waals surface area contributed by atoms with Gasteiger partial charge in [-0.05, 0) is 118 Å². The van der Waals surface area contributed by atoms with Crippen molar-refractivity contribution in [3.63, 3.8) is 0 Å². The SMILES string of the molecule is O=C1N(CC2CC2)C(=O)[C@@]2(CC[C@@]3(O)C4Cc5ccc(O)cc5[C@@]3(CCN4CC3CC3)C2)N1CC1CC1. The molecule has 198 valence electrons. The Kier molecular flexibility index (Phi) is 4.63. The zero-order chi connectivity index (χ0) is 25.2. The van der Waals surface area contributed by atoms with Gasteiger partial charge in [0.05, 0.1) is 5.60 Å². The zero-order valence-corrected chi connectivity index (χ0v) is 21.7. The number of piperidine rings is 1. The number of rotatable bonds is 6. The Morgan fingerprint density at radius 3 is 2.32 bits per heavy atom. The first-order valence-corrected chi connectivity index (χ1v) is 14.8. The van der Waals surface area contributed by atoms with E-state index in [1.165, 1.54) is 18.4 Å². The number of aromatic hydroxyl groups is 1. The smallest absolute Gasteiger partial charge is 0.327 e. The second-order valence-corrected chi connectivity index (χ2v) is 13.7. The summed E-state index contributed by atoms with van der Waals surface area (Å²) in [6.45, 7) is 3.14. The van der Waals surface area contributed by atoms with Crippen molar-refractivity contribution in [3.8, 4) is 5.75 Å². The van der Waals surface area contributed by atoms with Crippen molar-refractivity contribution in [2.24, 2.45) is 17.8 Å². The number of imide groups is 1. The number of hydrogen-bond acceptors (Lipinski definition) is 5. The molecule has 0 radical (unpaired) electrons. The van der Waals surface area contributed by atoms with Gasteiger partial charge in [-0.3, -0.25) is 14.6 Å². The summed E-state index contributed by atoms with van der Waals surface area (Å²) >= 11 is 0. The summed E-state index contributed by atoms with van der Waals surface area (Å²) < 4.78 is 0. The van der Waals surface area contributed by atoms with Gasteiger partial charge in [-0.25, -0.2) is 4.79 Å². The fourth-order valence-electron chi connectivity index (χ4n) is 8.69. The first-order valence-electron chi connectivity index (χ1n) is 14.8. The number of fused-ring (bicyclic) bond motifs is 1. The number of urea groups is 1. The van der Waals surface area contributed by atoms with Gasteiger partial charge < -0.3 is 15.1 Å². The highest BCUT2D eigenvalue weighted by Gasteiger charge is 2.72. The third kappa shape index (κ3) is 3.19. The highest BCUT2D eigenvalue weighted by Crippen LogP contribution is 2.63. The highest BCUT2D eigenvalue weighted by atomic mass is 16.3. The van der Waals surface area contributed by atoms with E-state index in [2.05, 4.69) is 4.90 Å². The molecule has 1 aromatic rings. The number of amides is 3. The lowest BCUT2D eigenvalue weighted by Crippen LogP contribution is -2.76. The average Bonchev–Trinajstić information content (AvgIpc) is 3.72. The van der Waals surface area contributed by atoms with Gasteiger partial charge in [-0.15, -0.1) is 0 Å². The number of carbonyl (C=O) groups excluding carboxylic acids is 2. The first kappa shape index (κ1) is 22.8. The molecule has 0 aromatic heterocycles. The molecular weight excluding hydrogens is 466 g/mol. The van der Waals surface area contributed by atoms with Gasteiger partial charge in [0.25, 0.3) is 5.91 Å². The molecule has 3 amide bonds. The van der Waals surface area contributed by atoms with Crippen LogP contribution in [0.4, 0.5) is 4.79 Å². The number of phenolic OH excluding ortho intramolecular Hbond substituents is 1. The van der Waals surface area contributed by atoms with Crippen LogP contribution in [-0.2, 0) is 16.6 Å². The number of aliphatic hydroxyl groups is 1. The van der Waals surface area contributed by atoms with Crippen molar-refractivity contribution in [2.45, 2.75) is 93.2 Å². The summed E-state index contributed by atoms with van der Waals surface area (Å²) in [5, 5.41) is 23.3. The van der Waals surface area contributed by atoms with Crippen molar-refractivity contribution in [3.05, 3.63) is 29.3 Å². The molecule has 7 heteroatoms. The molecule has 1 unspecified atom stereocenters. The van der Waals surface area contributed by atoms with Crippen molar-refractivity contribution >= 4 is 11.9 Å². The van der Waals surface area contributed by atoms with Crippen LogP contribution in [-0.4, -0.2) is 80.2 Å².